The van der Waals surface area contributed by atoms with Crippen molar-refractivity contribution in [3.63, 3.8) is 0 Å². The predicted octanol–water partition coefficient (Wildman–Crippen LogP) is 3.64. The van der Waals surface area contributed by atoms with Gasteiger partial charge in [0.25, 0.3) is 0 Å². The molecule has 1 heterocycles. The number of nitrogens with one attached hydrogen (secondary N) is 2. The van der Waals surface area contributed by atoms with Crippen LogP contribution in [0, 0.1) is 31.0 Å². The van der Waals surface area contributed by atoms with Gasteiger partial charge in [0.15, 0.2) is 0 Å². The fourth-order valence-corrected chi connectivity index (χ4v) is 4.24. The molecular weight excluding hydrogens is 391 g/mol. The van der Waals surface area contributed by atoms with Gasteiger partial charge in [-0.15, -0.1) is 0 Å². The first-order chi connectivity index (χ1) is 13.8. The molecule has 0 saturated heterocycles. The molecular formula is C21H21FN4O2S. The highest BCUT2D eigenvalue weighted by Gasteiger charge is 2.17. The van der Waals surface area contributed by atoms with Gasteiger partial charge in [-0.1, -0.05) is 18.2 Å². The summed E-state index contributed by atoms with van der Waals surface area (Å²) >= 11 is 0. The Labute approximate surface area is 169 Å². The lowest BCUT2D eigenvalue weighted by Crippen LogP contribution is -2.27. The molecule has 0 bridgehead atoms. The van der Waals surface area contributed by atoms with Crippen LogP contribution in [0.1, 0.15) is 23.1 Å². The molecule has 0 amide bonds. The second-order valence-corrected chi connectivity index (χ2v) is 8.49. The van der Waals surface area contributed by atoms with E-state index in [9.17, 15) is 18.1 Å². The molecule has 1 aromatic heterocycles. The number of hydrogen-bond donors (Lipinski definition) is 2. The first-order valence-corrected chi connectivity index (χ1v) is 10.6. The van der Waals surface area contributed by atoms with E-state index >= 15 is 0 Å². The van der Waals surface area contributed by atoms with Crippen molar-refractivity contribution < 1.29 is 12.8 Å². The van der Waals surface area contributed by atoms with E-state index in [1.807, 2.05) is 26.0 Å². The van der Waals surface area contributed by atoms with Crippen molar-refractivity contribution in [1.82, 2.24) is 9.71 Å². The zero-order valence-electron chi connectivity index (χ0n) is 16.2. The molecule has 2 N–H and O–H groups in total. The Morgan fingerprint density at radius 2 is 1.90 bits per heavy atom. The van der Waals surface area contributed by atoms with Crippen LogP contribution in [0.3, 0.4) is 0 Å². The number of aromatic nitrogens is 1. The third-order valence-corrected chi connectivity index (χ3v) is 5.96. The highest BCUT2D eigenvalue weighted by Crippen LogP contribution is 2.24. The van der Waals surface area contributed by atoms with Crippen molar-refractivity contribution in [2.24, 2.45) is 0 Å². The Bertz CT molecular complexity index is 1200. The Morgan fingerprint density at radius 3 is 2.62 bits per heavy atom. The van der Waals surface area contributed by atoms with Gasteiger partial charge < -0.3 is 5.32 Å². The number of aryl methyl sites for hydroxylation is 2. The molecule has 0 unspecified atom stereocenters. The molecule has 0 radical (unpaired) electrons. The number of nitrogens with zero attached hydrogens (tertiary/aromatic N) is 2. The molecule has 150 valence electrons. The number of nitriles is 1. The van der Waals surface area contributed by atoms with Crippen LogP contribution < -0.4 is 10.0 Å². The van der Waals surface area contributed by atoms with E-state index in [0.717, 1.165) is 28.1 Å². The van der Waals surface area contributed by atoms with Gasteiger partial charge in [-0.3, -0.25) is 0 Å². The van der Waals surface area contributed by atoms with Crippen LogP contribution in [0.4, 0.5) is 10.2 Å². The van der Waals surface area contributed by atoms with Gasteiger partial charge in [0, 0.05) is 18.5 Å². The summed E-state index contributed by atoms with van der Waals surface area (Å²) in [5, 5.41) is 13.4. The van der Waals surface area contributed by atoms with E-state index in [1.54, 1.807) is 6.07 Å². The number of fused-ring (bicyclic) bond motifs is 1. The number of sulfonamides is 1. The minimum atomic E-state index is -3.91. The maximum Gasteiger partial charge on any atom is 0.243 e. The largest absolute Gasteiger partial charge is 0.369 e. The van der Waals surface area contributed by atoms with Crippen LogP contribution in [0.15, 0.2) is 47.4 Å². The van der Waals surface area contributed by atoms with Crippen LogP contribution in [-0.4, -0.2) is 26.5 Å². The Hall–Kier alpha value is -3.02. The fourth-order valence-electron chi connectivity index (χ4n) is 3.09. The summed E-state index contributed by atoms with van der Waals surface area (Å²) in [5.41, 5.74) is 3.36. The van der Waals surface area contributed by atoms with E-state index in [-0.39, 0.29) is 11.4 Å². The topological polar surface area (TPSA) is 94.9 Å². The molecule has 2 aromatic carbocycles. The van der Waals surface area contributed by atoms with Crippen LogP contribution in [0.2, 0.25) is 0 Å². The van der Waals surface area contributed by atoms with Crippen molar-refractivity contribution >= 4 is 26.7 Å². The molecule has 0 aliphatic carbocycles. The molecule has 0 spiro atoms. The molecule has 0 aliphatic rings. The first kappa shape index (κ1) is 20.7. The highest BCUT2D eigenvalue weighted by molar-refractivity contribution is 7.89. The van der Waals surface area contributed by atoms with Gasteiger partial charge in [0.2, 0.25) is 10.0 Å². The number of hydrogen-bond acceptors (Lipinski definition) is 5. The summed E-state index contributed by atoms with van der Waals surface area (Å²) < 4.78 is 40.4. The average Bonchev–Trinajstić information content (AvgIpc) is 2.67. The Morgan fingerprint density at radius 1 is 1.14 bits per heavy atom. The molecule has 3 aromatic rings. The van der Waals surface area contributed by atoms with Gasteiger partial charge in [-0.2, -0.15) is 5.26 Å². The Kier molecular flexibility index (Phi) is 6.11. The van der Waals surface area contributed by atoms with Crippen LogP contribution in [0.5, 0.6) is 0 Å². The molecule has 3 rings (SSSR count). The van der Waals surface area contributed by atoms with Crippen LogP contribution >= 0.6 is 0 Å². The minimum Gasteiger partial charge on any atom is -0.369 e. The quantitative estimate of drug-likeness (QED) is 0.578. The molecule has 6 nitrogen and oxygen atoms in total. The molecule has 0 aliphatic heterocycles. The maximum atomic E-state index is 13.7. The summed E-state index contributed by atoms with van der Waals surface area (Å²) in [5.74, 6) is -0.329. The predicted molar refractivity (Wildman–Crippen MR) is 111 cm³/mol. The Balaban J connectivity index is 1.64. The van der Waals surface area contributed by atoms with Crippen molar-refractivity contribution in [2.75, 3.05) is 18.4 Å². The number of halogens is 1. The van der Waals surface area contributed by atoms with Crippen LogP contribution in [-0.2, 0) is 10.0 Å². The normalized spacial score (nSPS) is 11.4. The van der Waals surface area contributed by atoms with Gasteiger partial charge in [-0.25, -0.2) is 22.5 Å². The van der Waals surface area contributed by atoms with E-state index in [2.05, 4.69) is 21.1 Å². The van der Waals surface area contributed by atoms with E-state index < -0.39 is 15.8 Å². The fraction of sp³-hybridized carbons (Fsp3) is 0.238. The van der Waals surface area contributed by atoms with Crippen molar-refractivity contribution in [3.05, 3.63) is 65.0 Å². The van der Waals surface area contributed by atoms with E-state index in [0.29, 0.717) is 24.3 Å². The number of pyridine rings is 1. The lowest BCUT2D eigenvalue weighted by Gasteiger charge is -2.11. The third kappa shape index (κ3) is 4.70. The average molecular weight is 412 g/mol. The molecule has 8 heteroatoms. The minimum absolute atomic E-state index is 0.122. The van der Waals surface area contributed by atoms with Crippen molar-refractivity contribution in [1.29, 1.82) is 5.26 Å². The zero-order chi connectivity index (χ0) is 21.0. The van der Waals surface area contributed by atoms with Crippen molar-refractivity contribution in [3.8, 4) is 6.07 Å². The number of anilines is 1. The summed E-state index contributed by atoms with van der Waals surface area (Å²) in [4.78, 5) is 4.18. The van der Waals surface area contributed by atoms with Gasteiger partial charge in [0.1, 0.15) is 22.6 Å². The maximum absolute atomic E-state index is 13.7. The highest BCUT2D eigenvalue weighted by atomic mass is 32.2. The summed E-state index contributed by atoms with van der Waals surface area (Å²) in [6, 6.07) is 13.2. The van der Waals surface area contributed by atoms with Crippen molar-refractivity contribution in [2.45, 2.75) is 25.2 Å². The second-order valence-electron chi connectivity index (χ2n) is 6.75. The summed E-state index contributed by atoms with van der Waals surface area (Å²) in [7, 11) is -3.91. The molecule has 0 saturated carbocycles. The van der Waals surface area contributed by atoms with E-state index in [4.69, 9.17) is 0 Å². The summed E-state index contributed by atoms with van der Waals surface area (Å²) in [6.45, 7) is 4.49. The first-order valence-electron chi connectivity index (χ1n) is 9.12. The lowest BCUT2D eigenvalue weighted by atomic mass is 10.0. The van der Waals surface area contributed by atoms with Crippen LogP contribution in [0.25, 0.3) is 10.9 Å². The van der Waals surface area contributed by atoms with Gasteiger partial charge >= 0.3 is 0 Å². The third-order valence-electron chi connectivity index (χ3n) is 4.47. The SMILES string of the molecule is Cc1cc(C)c2cc(C#N)c(NCCCNS(=O)(=O)c3ccccc3F)nc2c1. The second kappa shape index (κ2) is 8.55. The number of rotatable bonds is 7. The smallest absolute Gasteiger partial charge is 0.243 e. The summed E-state index contributed by atoms with van der Waals surface area (Å²) in [6.07, 6.45) is 0.436. The molecule has 29 heavy (non-hydrogen) atoms. The van der Waals surface area contributed by atoms with Gasteiger partial charge in [0.05, 0.1) is 11.1 Å². The monoisotopic (exact) mass is 412 g/mol. The lowest BCUT2D eigenvalue weighted by molar-refractivity contribution is 0.556. The standard InChI is InChI=1S/C21H21FN4O2S/c1-14-10-15(2)17-12-16(13-23)21(26-19(17)11-14)24-8-5-9-25-29(27,28)20-7-4-3-6-18(20)22/h3-4,6-7,10-12,25H,5,8-9H2,1-2H3,(H,24,26). The number of benzene rings is 2. The van der Waals surface area contributed by atoms with Gasteiger partial charge in [-0.05, 0) is 55.7 Å². The van der Waals surface area contributed by atoms with E-state index in [1.165, 1.54) is 18.2 Å². The molecule has 0 fully saturated rings. The molecule has 0 atom stereocenters. The zero-order valence-corrected chi connectivity index (χ0v) is 17.0.